The minimum atomic E-state index is -0.513. The summed E-state index contributed by atoms with van der Waals surface area (Å²) in [5.74, 6) is 1.22. The molecule has 0 spiro atoms. The minimum Gasteiger partial charge on any atom is -0.376 e. The molecule has 3 rings (SSSR count). The number of hydrogen-bond donors (Lipinski definition) is 2. The highest BCUT2D eigenvalue weighted by Gasteiger charge is 2.28. The highest BCUT2D eigenvalue weighted by molar-refractivity contribution is 8.00. The Bertz CT molecular complexity index is 683. The number of ether oxygens (including phenoxy) is 1. The molecule has 0 bridgehead atoms. The van der Waals surface area contributed by atoms with E-state index in [1.165, 1.54) is 18.8 Å². The first-order chi connectivity index (χ1) is 13.5. The Balaban J connectivity index is 1.75. The molecule has 2 aliphatic heterocycles. The van der Waals surface area contributed by atoms with Crippen molar-refractivity contribution in [2.24, 2.45) is 5.92 Å². The normalized spacial score (nSPS) is 21.5. The highest BCUT2D eigenvalue weighted by Crippen LogP contribution is 2.29. The number of anilines is 1. The fraction of sp³-hybridized carbons (Fsp3) is 0.778. The number of hydrogen-bond acceptors (Lipinski definition) is 7. The van der Waals surface area contributed by atoms with Crippen molar-refractivity contribution in [1.29, 1.82) is 0 Å². The average molecular weight is 411 g/mol. The molecule has 3 heterocycles. The Morgan fingerprint density at radius 2 is 2.04 bits per heavy atom. The summed E-state index contributed by atoms with van der Waals surface area (Å²) in [6.45, 7) is 7.43. The number of thioether (sulfide) groups is 1. The second-order valence-corrected chi connectivity index (χ2v) is 8.83. The Hall–Kier alpha value is -1.81. The van der Waals surface area contributed by atoms with Crippen LogP contribution in [0.4, 0.5) is 10.7 Å². The molecule has 28 heavy (non-hydrogen) atoms. The number of piperidine rings is 1. The van der Waals surface area contributed by atoms with Crippen molar-refractivity contribution < 1.29 is 14.3 Å². The van der Waals surface area contributed by atoms with Gasteiger partial charge in [-0.2, -0.15) is 0 Å². The molecular formula is C18H30N6O3S. The van der Waals surface area contributed by atoms with E-state index in [0.29, 0.717) is 11.7 Å². The number of urea groups is 1. The number of carbonyl (C=O) groups excluding carboxylic acids is 2. The summed E-state index contributed by atoms with van der Waals surface area (Å²) in [4.78, 5) is 25.9. The van der Waals surface area contributed by atoms with E-state index in [4.69, 9.17) is 4.74 Å². The predicted molar refractivity (Wildman–Crippen MR) is 108 cm³/mol. The van der Waals surface area contributed by atoms with E-state index >= 15 is 0 Å². The second kappa shape index (κ2) is 9.60. The molecule has 3 amide bonds. The first-order valence-electron chi connectivity index (χ1n) is 9.97. The van der Waals surface area contributed by atoms with Crippen molar-refractivity contribution >= 4 is 29.6 Å². The minimum absolute atomic E-state index is 0.146. The molecule has 0 unspecified atom stereocenters. The van der Waals surface area contributed by atoms with Gasteiger partial charge in [-0.25, -0.2) is 4.79 Å². The SMILES string of the molecule is CNC(=O)NC(=O)[C@@H](C)Sc1nnc(N2CCC(C)CC2)n1C[C@H]1CCCO1. The zero-order valence-corrected chi connectivity index (χ0v) is 17.6. The topological polar surface area (TPSA) is 101 Å². The number of rotatable bonds is 6. The van der Waals surface area contributed by atoms with Gasteiger partial charge in [-0.05, 0) is 38.5 Å². The smallest absolute Gasteiger partial charge is 0.321 e. The zero-order valence-electron chi connectivity index (χ0n) is 16.8. The van der Waals surface area contributed by atoms with Gasteiger partial charge in [0.05, 0.1) is 17.9 Å². The molecule has 2 aliphatic rings. The quantitative estimate of drug-likeness (QED) is 0.687. The van der Waals surface area contributed by atoms with Crippen LogP contribution in [0.1, 0.15) is 39.5 Å². The number of aromatic nitrogens is 3. The monoisotopic (exact) mass is 410 g/mol. The number of nitrogens with zero attached hydrogens (tertiary/aromatic N) is 4. The Morgan fingerprint density at radius 3 is 2.68 bits per heavy atom. The van der Waals surface area contributed by atoms with E-state index < -0.39 is 11.3 Å². The summed E-state index contributed by atoms with van der Waals surface area (Å²) in [6.07, 6.45) is 4.51. The average Bonchev–Trinajstić information content (AvgIpc) is 3.33. The van der Waals surface area contributed by atoms with Crippen LogP contribution in [-0.2, 0) is 16.1 Å². The lowest BCUT2D eigenvalue weighted by atomic mass is 10.00. The van der Waals surface area contributed by atoms with Crippen LogP contribution < -0.4 is 15.5 Å². The third-order valence-corrected chi connectivity index (χ3v) is 6.37. The zero-order chi connectivity index (χ0) is 20.1. The second-order valence-electron chi connectivity index (χ2n) is 7.53. The van der Waals surface area contributed by atoms with Crippen molar-refractivity contribution in [2.45, 2.75) is 62.6 Å². The van der Waals surface area contributed by atoms with E-state index in [1.807, 2.05) is 0 Å². The number of amides is 3. The molecule has 0 radical (unpaired) electrons. The molecule has 10 heteroatoms. The third kappa shape index (κ3) is 5.16. The Morgan fingerprint density at radius 1 is 1.29 bits per heavy atom. The molecule has 2 N–H and O–H groups in total. The van der Waals surface area contributed by atoms with E-state index in [-0.39, 0.29) is 12.0 Å². The summed E-state index contributed by atoms with van der Waals surface area (Å²) in [7, 11) is 1.48. The van der Waals surface area contributed by atoms with Gasteiger partial charge in [-0.15, -0.1) is 10.2 Å². The lowest BCUT2D eigenvalue weighted by Crippen LogP contribution is -2.41. The van der Waals surface area contributed by atoms with Gasteiger partial charge in [-0.1, -0.05) is 18.7 Å². The van der Waals surface area contributed by atoms with Crippen LogP contribution in [0.2, 0.25) is 0 Å². The van der Waals surface area contributed by atoms with E-state index in [1.54, 1.807) is 6.92 Å². The van der Waals surface area contributed by atoms with Crippen LogP contribution >= 0.6 is 11.8 Å². The Labute approximate surface area is 170 Å². The molecule has 1 aromatic rings. The van der Waals surface area contributed by atoms with Gasteiger partial charge in [-0.3, -0.25) is 14.7 Å². The molecule has 1 aromatic heterocycles. The van der Waals surface area contributed by atoms with Crippen molar-refractivity contribution in [3.63, 3.8) is 0 Å². The van der Waals surface area contributed by atoms with Gasteiger partial charge in [0.2, 0.25) is 11.9 Å². The van der Waals surface area contributed by atoms with Crippen LogP contribution in [0, 0.1) is 5.92 Å². The summed E-state index contributed by atoms with van der Waals surface area (Å²) >= 11 is 1.31. The van der Waals surface area contributed by atoms with Crippen LogP contribution in [0.3, 0.4) is 0 Å². The van der Waals surface area contributed by atoms with Crippen molar-refractivity contribution in [3.8, 4) is 0 Å². The Kier molecular flexibility index (Phi) is 7.17. The molecule has 2 fully saturated rings. The third-order valence-electron chi connectivity index (χ3n) is 5.29. The first kappa shape index (κ1) is 20.9. The van der Waals surface area contributed by atoms with Crippen LogP contribution in [0.15, 0.2) is 5.16 Å². The predicted octanol–water partition coefficient (Wildman–Crippen LogP) is 1.63. The number of nitrogens with one attached hydrogen (secondary N) is 2. The fourth-order valence-corrected chi connectivity index (χ4v) is 4.30. The highest BCUT2D eigenvalue weighted by atomic mass is 32.2. The molecule has 156 valence electrons. The molecule has 9 nitrogen and oxygen atoms in total. The van der Waals surface area contributed by atoms with Gasteiger partial charge in [0.25, 0.3) is 0 Å². The standard InChI is InChI=1S/C18H30N6O3S/c1-12-6-8-23(9-7-12)17-21-22-18(24(17)11-14-5-4-10-27-14)28-13(2)15(25)20-16(26)19-3/h12-14H,4-11H2,1-3H3,(H2,19,20,25,26)/t13-,14-/m1/s1. The van der Waals surface area contributed by atoms with Gasteiger partial charge in [0, 0.05) is 26.7 Å². The van der Waals surface area contributed by atoms with Gasteiger partial charge >= 0.3 is 6.03 Å². The number of carbonyl (C=O) groups is 2. The van der Waals surface area contributed by atoms with Crippen molar-refractivity contribution in [2.75, 3.05) is 31.6 Å². The van der Waals surface area contributed by atoms with Crippen LogP contribution in [0.25, 0.3) is 0 Å². The van der Waals surface area contributed by atoms with Crippen LogP contribution in [0.5, 0.6) is 0 Å². The van der Waals surface area contributed by atoms with E-state index in [0.717, 1.165) is 57.2 Å². The van der Waals surface area contributed by atoms with Gasteiger partial charge in [0.15, 0.2) is 5.16 Å². The van der Waals surface area contributed by atoms with Crippen molar-refractivity contribution in [3.05, 3.63) is 0 Å². The van der Waals surface area contributed by atoms with E-state index in [2.05, 4.69) is 37.2 Å². The first-order valence-corrected chi connectivity index (χ1v) is 10.8. The van der Waals surface area contributed by atoms with E-state index in [9.17, 15) is 9.59 Å². The molecule has 0 aliphatic carbocycles. The maximum atomic E-state index is 12.2. The molecule has 2 saturated heterocycles. The fourth-order valence-electron chi connectivity index (χ4n) is 3.45. The molecule has 0 aromatic carbocycles. The molecule has 0 saturated carbocycles. The molecule has 2 atom stereocenters. The van der Waals surface area contributed by atoms with Crippen molar-refractivity contribution in [1.82, 2.24) is 25.4 Å². The summed E-state index contributed by atoms with van der Waals surface area (Å²) in [6, 6.07) is -0.513. The summed E-state index contributed by atoms with van der Waals surface area (Å²) in [5, 5.41) is 13.7. The molecular weight excluding hydrogens is 380 g/mol. The summed E-state index contributed by atoms with van der Waals surface area (Å²) in [5.41, 5.74) is 0. The lowest BCUT2D eigenvalue weighted by Gasteiger charge is -2.31. The number of imide groups is 1. The maximum Gasteiger partial charge on any atom is 0.321 e. The van der Waals surface area contributed by atoms with Gasteiger partial charge < -0.3 is 15.0 Å². The van der Waals surface area contributed by atoms with Gasteiger partial charge in [0.1, 0.15) is 0 Å². The van der Waals surface area contributed by atoms with Crippen LogP contribution in [-0.4, -0.2) is 64.8 Å². The maximum absolute atomic E-state index is 12.2. The largest absolute Gasteiger partial charge is 0.376 e. The lowest BCUT2D eigenvalue weighted by molar-refractivity contribution is -0.119. The summed E-state index contributed by atoms with van der Waals surface area (Å²) < 4.78 is 7.91.